The molecular formula is C9H12O4. The third-order valence-corrected chi connectivity index (χ3v) is 1.60. The highest BCUT2D eigenvalue weighted by atomic mass is 16.5. The molecule has 0 bridgehead atoms. The molecule has 13 heavy (non-hydrogen) atoms. The lowest BCUT2D eigenvalue weighted by atomic mass is 10.2. The standard InChI is InChI=1S/C9H12O4/c1-2-13-8-4-6(5-10)3-7(11)9(8)12/h3-4,10-12H,2,5H2,1H3. The fourth-order valence-electron chi connectivity index (χ4n) is 1.01. The molecule has 0 aliphatic rings. The number of phenolic OH excluding ortho intramolecular Hbond substituents is 2. The van der Waals surface area contributed by atoms with E-state index in [0.717, 1.165) is 0 Å². The minimum Gasteiger partial charge on any atom is -0.504 e. The minimum atomic E-state index is -0.293. The summed E-state index contributed by atoms with van der Waals surface area (Å²) in [5.74, 6) is -0.388. The third-order valence-electron chi connectivity index (χ3n) is 1.60. The van der Waals surface area contributed by atoms with E-state index in [1.165, 1.54) is 12.1 Å². The average molecular weight is 184 g/mol. The summed E-state index contributed by atoms with van der Waals surface area (Å²) in [5, 5.41) is 27.3. The van der Waals surface area contributed by atoms with Crippen LogP contribution in [0.25, 0.3) is 0 Å². The van der Waals surface area contributed by atoms with Crippen molar-refractivity contribution in [3.05, 3.63) is 17.7 Å². The maximum absolute atomic E-state index is 9.29. The van der Waals surface area contributed by atoms with Gasteiger partial charge in [0.05, 0.1) is 13.2 Å². The first-order valence-electron chi connectivity index (χ1n) is 3.97. The molecule has 0 amide bonds. The largest absolute Gasteiger partial charge is 0.504 e. The van der Waals surface area contributed by atoms with Gasteiger partial charge in [-0.05, 0) is 24.6 Å². The van der Waals surface area contributed by atoms with E-state index in [4.69, 9.17) is 9.84 Å². The predicted octanol–water partition coefficient (Wildman–Crippen LogP) is 0.989. The van der Waals surface area contributed by atoms with Gasteiger partial charge in [0.15, 0.2) is 11.5 Å². The number of aliphatic hydroxyl groups excluding tert-OH is 1. The summed E-state index contributed by atoms with van der Waals surface area (Å²) < 4.78 is 5.04. The van der Waals surface area contributed by atoms with Crippen LogP contribution in [0.3, 0.4) is 0 Å². The molecule has 0 aliphatic heterocycles. The van der Waals surface area contributed by atoms with Gasteiger partial charge in [0.1, 0.15) is 0 Å². The van der Waals surface area contributed by atoms with Crippen LogP contribution < -0.4 is 4.74 Å². The van der Waals surface area contributed by atoms with Crippen molar-refractivity contribution >= 4 is 0 Å². The molecule has 0 spiro atoms. The van der Waals surface area contributed by atoms with Crippen LogP contribution in [0, 0.1) is 0 Å². The van der Waals surface area contributed by atoms with Gasteiger partial charge in [0, 0.05) is 0 Å². The molecule has 0 saturated carbocycles. The summed E-state index contributed by atoms with van der Waals surface area (Å²) in [6, 6.07) is 2.77. The molecule has 4 nitrogen and oxygen atoms in total. The Kier molecular flexibility index (Phi) is 2.97. The molecule has 0 saturated heterocycles. The maximum atomic E-state index is 9.29. The lowest BCUT2D eigenvalue weighted by molar-refractivity contribution is 0.276. The third kappa shape index (κ3) is 2.03. The Morgan fingerprint density at radius 1 is 1.31 bits per heavy atom. The number of aromatic hydroxyl groups is 2. The van der Waals surface area contributed by atoms with E-state index in [2.05, 4.69) is 0 Å². The zero-order chi connectivity index (χ0) is 9.84. The topological polar surface area (TPSA) is 69.9 Å². The summed E-state index contributed by atoms with van der Waals surface area (Å²) in [5.41, 5.74) is 0.499. The van der Waals surface area contributed by atoms with Crippen molar-refractivity contribution < 1.29 is 20.1 Å². The minimum absolute atomic E-state index is 0.187. The van der Waals surface area contributed by atoms with Gasteiger partial charge in [-0.3, -0.25) is 0 Å². The molecule has 1 aromatic rings. The molecule has 72 valence electrons. The molecule has 3 N–H and O–H groups in total. The fraction of sp³-hybridized carbons (Fsp3) is 0.333. The molecule has 0 aromatic heterocycles. The number of hydrogen-bond donors (Lipinski definition) is 3. The van der Waals surface area contributed by atoms with Crippen LogP contribution in [0.2, 0.25) is 0 Å². The highest BCUT2D eigenvalue weighted by Gasteiger charge is 2.09. The second-order valence-corrected chi connectivity index (χ2v) is 2.55. The molecule has 0 unspecified atom stereocenters. The number of ether oxygens (including phenoxy) is 1. The van der Waals surface area contributed by atoms with Crippen molar-refractivity contribution in [1.82, 2.24) is 0 Å². The second kappa shape index (κ2) is 4.00. The monoisotopic (exact) mass is 184 g/mol. The zero-order valence-electron chi connectivity index (χ0n) is 7.32. The molecule has 0 fully saturated rings. The van der Waals surface area contributed by atoms with Crippen molar-refractivity contribution in [2.45, 2.75) is 13.5 Å². The average Bonchev–Trinajstić information content (AvgIpc) is 2.13. The van der Waals surface area contributed by atoms with Gasteiger partial charge in [0.25, 0.3) is 0 Å². The highest BCUT2D eigenvalue weighted by Crippen LogP contribution is 2.36. The second-order valence-electron chi connectivity index (χ2n) is 2.55. The normalized spacial score (nSPS) is 10.0. The van der Waals surface area contributed by atoms with Gasteiger partial charge in [-0.25, -0.2) is 0 Å². The van der Waals surface area contributed by atoms with E-state index >= 15 is 0 Å². The Labute approximate surface area is 76.0 Å². The molecular weight excluding hydrogens is 172 g/mol. The molecule has 0 heterocycles. The quantitative estimate of drug-likeness (QED) is 0.612. The van der Waals surface area contributed by atoms with Crippen molar-refractivity contribution in [3.63, 3.8) is 0 Å². The van der Waals surface area contributed by atoms with Gasteiger partial charge in [-0.1, -0.05) is 0 Å². The SMILES string of the molecule is CCOc1cc(CO)cc(O)c1O. The maximum Gasteiger partial charge on any atom is 0.200 e. The predicted molar refractivity (Wildman–Crippen MR) is 46.9 cm³/mol. The summed E-state index contributed by atoms with van der Waals surface area (Å²) in [6.45, 7) is 1.96. The molecule has 4 heteroatoms. The lowest BCUT2D eigenvalue weighted by Crippen LogP contribution is -1.93. The first-order chi connectivity index (χ1) is 6.19. The molecule has 0 atom stereocenters. The Bertz CT molecular complexity index is 296. The van der Waals surface area contributed by atoms with Gasteiger partial charge in [0.2, 0.25) is 5.75 Å². The Morgan fingerprint density at radius 3 is 2.54 bits per heavy atom. The lowest BCUT2D eigenvalue weighted by Gasteiger charge is -2.08. The smallest absolute Gasteiger partial charge is 0.200 e. The van der Waals surface area contributed by atoms with Gasteiger partial charge in [-0.2, -0.15) is 0 Å². The van der Waals surface area contributed by atoms with Gasteiger partial charge in [-0.15, -0.1) is 0 Å². The van der Waals surface area contributed by atoms with Crippen LogP contribution in [0.15, 0.2) is 12.1 Å². The van der Waals surface area contributed by atoms with Gasteiger partial charge >= 0.3 is 0 Å². The summed E-state index contributed by atoms with van der Waals surface area (Å²) in [6.07, 6.45) is 0. The van der Waals surface area contributed by atoms with Crippen molar-refractivity contribution in [2.24, 2.45) is 0 Å². The van der Waals surface area contributed by atoms with E-state index < -0.39 is 0 Å². The van der Waals surface area contributed by atoms with Crippen LogP contribution in [0.4, 0.5) is 0 Å². The molecule has 1 rings (SSSR count). The Hall–Kier alpha value is -1.42. The van der Waals surface area contributed by atoms with Crippen molar-refractivity contribution in [2.75, 3.05) is 6.61 Å². The summed E-state index contributed by atoms with van der Waals surface area (Å²) >= 11 is 0. The molecule has 0 radical (unpaired) electrons. The van der Waals surface area contributed by atoms with E-state index in [1.54, 1.807) is 6.92 Å². The van der Waals surface area contributed by atoms with Crippen molar-refractivity contribution in [3.8, 4) is 17.2 Å². The Balaban J connectivity index is 3.09. The number of rotatable bonds is 3. The fourth-order valence-corrected chi connectivity index (χ4v) is 1.01. The molecule has 0 aliphatic carbocycles. The first kappa shape index (κ1) is 9.67. The summed E-state index contributed by atoms with van der Waals surface area (Å²) in [4.78, 5) is 0. The number of aliphatic hydroxyl groups is 1. The Morgan fingerprint density at radius 2 is 2.00 bits per heavy atom. The van der Waals surface area contributed by atoms with Gasteiger partial charge < -0.3 is 20.1 Å². The zero-order valence-corrected chi connectivity index (χ0v) is 7.32. The summed E-state index contributed by atoms with van der Waals surface area (Å²) in [7, 11) is 0. The molecule has 1 aromatic carbocycles. The van der Waals surface area contributed by atoms with E-state index in [9.17, 15) is 10.2 Å². The van der Waals surface area contributed by atoms with Crippen LogP contribution in [0.1, 0.15) is 12.5 Å². The van der Waals surface area contributed by atoms with E-state index in [-0.39, 0.29) is 23.9 Å². The number of hydrogen-bond acceptors (Lipinski definition) is 4. The van der Waals surface area contributed by atoms with Crippen LogP contribution in [0.5, 0.6) is 17.2 Å². The van der Waals surface area contributed by atoms with Crippen LogP contribution in [-0.4, -0.2) is 21.9 Å². The number of benzene rings is 1. The number of phenols is 2. The van der Waals surface area contributed by atoms with E-state index in [1.807, 2.05) is 0 Å². The van der Waals surface area contributed by atoms with Crippen LogP contribution >= 0.6 is 0 Å². The first-order valence-corrected chi connectivity index (χ1v) is 3.97. The highest BCUT2D eigenvalue weighted by molar-refractivity contribution is 5.51. The van der Waals surface area contributed by atoms with E-state index in [0.29, 0.717) is 12.2 Å². The van der Waals surface area contributed by atoms with Crippen molar-refractivity contribution in [1.29, 1.82) is 0 Å². The van der Waals surface area contributed by atoms with Crippen LogP contribution in [-0.2, 0) is 6.61 Å².